The zero-order chi connectivity index (χ0) is 14.0. The van der Waals surface area contributed by atoms with Gasteiger partial charge in [-0.3, -0.25) is 0 Å². The van der Waals surface area contributed by atoms with E-state index in [2.05, 4.69) is 82.1 Å². The van der Waals surface area contributed by atoms with Gasteiger partial charge in [-0.2, -0.15) is 0 Å². The third-order valence-corrected chi connectivity index (χ3v) is 4.96. The lowest BCUT2D eigenvalue weighted by Crippen LogP contribution is -2.54. The van der Waals surface area contributed by atoms with Gasteiger partial charge in [-0.15, -0.1) is 0 Å². The Morgan fingerprint density at radius 2 is 1.68 bits per heavy atom. The van der Waals surface area contributed by atoms with Gasteiger partial charge in [0, 0.05) is 11.7 Å². The number of hydrogen-bond donors (Lipinski definition) is 0. The highest BCUT2D eigenvalue weighted by molar-refractivity contribution is 5.26. The number of rotatable bonds is 2. The first-order valence-electron chi connectivity index (χ1n) is 7.54. The van der Waals surface area contributed by atoms with Gasteiger partial charge in [0.1, 0.15) is 0 Å². The summed E-state index contributed by atoms with van der Waals surface area (Å²) in [5, 5.41) is 0. The second kappa shape index (κ2) is 5.81. The topological polar surface area (TPSA) is 3.24 Å². The fourth-order valence-corrected chi connectivity index (χ4v) is 3.70. The predicted octanol–water partition coefficient (Wildman–Crippen LogP) is 4.55. The number of nitrogens with zero attached hydrogens (tertiary/aromatic N) is 1. The van der Waals surface area contributed by atoms with Crippen molar-refractivity contribution in [1.82, 2.24) is 4.90 Å². The predicted molar refractivity (Wildman–Crippen MR) is 83.8 cm³/mol. The van der Waals surface area contributed by atoms with Crippen molar-refractivity contribution in [1.29, 1.82) is 0 Å². The van der Waals surface area contributed by atoms with Crippen molar-refractivity contribution < 1.29 is 0 Å². The van der Waals surface area contributed by atoms with Crippen LogP contribution < -0.4 is 0 Å². The van der Waals surface area contributed by atoms with Crippen molar-refractivity contribution in [3.63, 3.8) is 0 Å². The van der Waals surface area contributed by atoms with E-state index >= 15 is 0 Å². The van der Waals surface area contributed by atoms with Crippen LogP contribution in [0.3, 0.4) is 0 Å². The molecule has 0 saturated carbocycles. The highest BCUT2D eigenvalue weighted by atomic mass is 15.2. The molecule has 4 unspecified atom stereocenters. The lowest BCUT2D eigenvalue weighted by molar-refractivity contribution is 0.0428. The molecule has 0 amide bonds. The van der Waals surface area contributed by atoms with Crippen LogP contribution in [-0.2, 0) is 0 Å². The van der Waals surface area contributed by atoms with Crippen LogP contribution in [0, 0.1) is 17.8 Å². The van der Waals surface area contributed by atoms with Crippen LogP contribution in [0.2, 0.25) is 0 Å². The average Bonchev–Trinajstić information content (AvgIpc) is 2.55. The summed E-state index contributed by atoms with van der Waals surface area (Å²) in [7, 11) is 0. The highest BCUT2D eigenvalue weighted by Gasteiger charge is 2.42. The molecule has 1 heteroatoms. The molecule has 19 heavy (non-hydrogen) atoms. The Kier molecular flexibility index (Phi) is 4.34. The molecule has 5 atom stereocenters. The van der Waals surface area contributed by atoms with Crippen molar-refractivity contribution in [3.8, 4) is 0 Å². The largest absolute Gasteiger partial charge is 0.362 e. The molecule has 1 heterocycles. The van der Waals surface area contributed by atoms with Crippen molar-refractivity contribution >= 4 is 0 Å². The fourth-order valence-electron chi connectivity index (χ4n) is 3.70. The van der Waals surface area contributed by atoms with Gasteiger partial charge in [0.2, 0.25) is 0 Å². The van der Waals surface area contributed by atoms with E-state index in [4.69, 9.17) is 0 Å². The van der Waals surface area contributed by atoms with E-state index < -0.39 is 0 Å². The molecular formula is C18H27N. The molecule has 2 aliphatic rings. The summed E-state index contributed by atoms with van der Waals surface area (Å²) >= 11 is 0. The van der Waals surface area contributed by atoms with Crippen LogP contribution in [0.15, 0.2) is 48.2 Å². The van der Waals surface area contributed by atoms with Gasteiger partial charge in [-0.25, -0.2) is 0 Å². The van der Waals surface area contributed by atoms with Crippen LogP contribution in [0.1, 0.15) is 34.6 Å². The fraction of sp³-hybridized carbons (Fsp3) is 0.556. The number of fused-ring (bicyclic) bond motifs is 2. The Labute approximate surface area is 118 Å². The summed E-state index contributed by atoms with van der Waals surface area (Å²) in [4.78, 5) is 2.61. The van der Waals surface area contributed by atoms with Gasteiger partial charge in [0.15, 0.2) is 0 Å². The number of piperidine rings is 1. The Hall–Kier alpha value is -1.24. The van der Waals surface area contributed by atoms with Crippen molar-refractivity contribution in [2.75, 3.05) is 0 Å². The average molecular weight is 257 g/mol. The Bertz CT molecular complexity index is 427. The molecule has 0 radical (unpaired) electrons. The number of hydrogen-bond acceptors (Lipinski definition) is 1. The Balaban J connectivity index is 2.42. The lowest BCUT2D eigenvalue weighted by atomic mass is 9.71. The zero-order valence-electron chi connectivity index (χ0n) is 12.9. The molecule has 0 aromatic heterocycles. The molecule has 1 aliphatic heterocycles. The third-order valence-electron chi connectivity index (χ3n) is 4.96. The first-order valence-corrected chi connectivity index (χ1v) is 7.54. The van der Waals surface area contributed by atoms with Gasteiger partial charge in [0.25, 0.3) is 0 Å². The van der Waals surface area contributed by atoms with Crippen molar-refractivity contribution in [2.24, 2.45) is 17.8 Å². The molecule has 0 aromatic rings. The van der Waals surface area contributed by atoms with Crippen LogP contribution in [0.25, 0.3) is 0 Å². The smallest absolute Gasteiger partial charge is 0.0510 e. The molecule has 104 valence electrons. The quantitative estimate of drug-likeness (QED) is 0.656. The van der Waals surface area contributed by atoms with E-state index in [0.717, 1.165) is 0 Å². The first kappa shape index (κ1) is 14.2. The molecule has 2 bridgehead atoms. The van der Waals surface area contributed by atoms with Crippen LogP contribution in [-0.4, -0.2) is 17.0 Å². The van der Waals surface area contributed by atoms with Gasteiger partial charge in [0.05, 0.1) is 6.04 Å². The minimum atomic E-state index is 0.508. The van der Waals surface area contributed by atoms with Crippen LogP contribution in [0.5, 0.6) is 0 Å². The Morgan fingerprint density at radius 1 is 1.00 bits per heavy atom. The van der Waals surface area contributed by atoms with Crippen molar-refractivity contribution in [3.05, 3.63) is 48.2 Å². The molecule has 1 nitrogen and oxygen atoms in total. The van der Waals surface area contributed by atoms with E-state index in [-0.39, 0.29) is 0 Å². The summed E-state index contributed by atoms with van der Waals surface area (Å²) in [5.74, 6) is 2.04. The molecule has 1 aliphatic carbocycles. The zero-order valence-corrected chi connectivity index (χ0v) is 12.9. The second-order valence-electron chi connectivity index (χ2n) is 5.92. The molecule has 0 aromatic carbocycles. The summed E-state index contributed by atoms with van der Waals surface area (Å²) in [5.41, 5.74) is 1.35. The molecule has 0 spiro atoms. The summed E-state index contributed by atoms with van der Waals surface area (Å²) < 4.78 is 0. The van der Waals surface area contributed by atoms with E-state index in [9.17, 15) is 0 Å². The number of allylic oxidation sites excluding steroid dienone is 6. The lowest BCUT2D eigenvalue weighted by Gasteiger charge is -2.51. The SMILES string of the molecule is C/C=C\C(=C\C)N1C(C)C(C)[C@H]2C=CC=CC1C2C. The molecule has 2 rings (SSSR count). The van der Waals surface area contributed by atoms with E-state index in [0.29, 0.717) is 29.8 Å². The minimum absolute atomic E-state index is 0.508. The molecular weight excluding hydrogens is 230 g/mol. The Morgan fingerprint density at radius 3 is 2.32 bits per heavy atom. The van der Waals surface area contributed by atoms with E-state index in [1.807, 2.05) is 0 Å². The number of likely N-dealkylation sites (tertiary alicyclic amines) is 1. The molecule has 1 fully saturated rings. The van der Waals surface area contributed by atoms with Gasteiger partial charge < -0.3 is 4.90 Å². The molecule has 0 N–H and O–H groups in total. The maximum atomic E-state index is 2.61. The monoisotopic (exact) mass is 257 g/mol. The van der Waals surface area contributed by atoms with Crippen molar-refractivity contribution in [2.45, 2.75) is 46.7 Å². The van der Waals surface area contributed by atoms with Gasteiger partial charge >= 0.3 is 0 Å². The minimum Gasteiger partial charge on any atom is -0.362 e. The normalized spacial score (nSPS) is 38.9. The van der Waals surface area contributed by atoms with E-state index in [1.54, 1.807) is 0 Å². The van der Waals surface area contributed by atoms with Crippen LogP contribution >= 0.6 is 0 Å². The first-order chi connectivity index (χ1) is 9.11. The van der Waals surface area contributed by atoms with Crippen LogP contribution in [0.4, 0.5) is 0 Å². The highest BCUT2D eigenvalue weighted by Crippen LogP contribution is 2.41. The second-order valence-corrected chi connectivity index (χ2v) is 5.92. The standard InChI is InChI=1S/C18H27N/c1-6-10-16(7-2)19-15(5)13(3)17-11-8-9-12-18(19)14(17)4/h6-15,17-18H,1-5H3/b10-6-,16-7-/t13?,14?,15?,17-,18?/m1/s1. The summed E-state index contributed by atoms with van der Waals surface area (Å²) in [6.07, 6.45) is 15.9. The molecule has 1 saturated heterocycles. The summed E-state index contributed by atoms with van der Waals surface area (Å²) in [6.45, 7) is 11.4. The third kappa shape index (κ3) is 2.43. The van der Waals surface area contributed by atoms with Gasteiger partial charge in [-0.05, 0) is 44.6 Å². The van der Waals surface area contributed by atoms with Gasteiger partial charge in [-0.1, -0.05) is 50.3 Å². The summed E-state index contributed by atoms with van der Waals surface area (Å²) in [6, 6.07) is 1.08. The maximum Gasteiger partial charge on any atom is 0.0510 e. The van der Waals surface area contributed by atoms with E-state index in [1.165, 1.54) is 5.70 Å². The maximum absolute atomic E-state index is 2.61.